The van der Waals surface area contributed by atoms with Gasteiger partial charge in [0.15, 0.2) is 6.35 Å². The average molecular weight is 377 g/mol. The van der Waals surface area contributed by atoms with Crippen LogP contribution in [0.2, 0.25) is 0 Å². The zero-order valence-electron chi connectivity index (χ0n) is 14.9. The Labute approximate surface area is 145 Å². The van der Waals surface area contributed by atoms with Gasteiger partial charge in [-0.1, -0.05) is 0 Å². The van der Waals surface area contributed by atoms with Crippen LogP contribution in [0.3, 0.4) is 0 Å². The SMILES string of the molecule is COP(=O)(COC(C)n1ccc(N)nc1=O)OCOC(=O)C(C)(C)C. The molecule has 0 saturated carbocycles. The third kappa shape index (κ3) is 6.58. The quantitative estimate of drug-likeness (QED) is 0.408. The molecule has 0 fully saturated rings. The molecule has 0 amide bonds. The molecule has 25 heavy (non-hydrogen) atoms. The number of nitrogens with two attached hydrogens (primary N) is 1. The Morgan fingerprint density at radius 3 is 2.60 bits per heavy atom. The standard InChI is InChI=1S/C14H24N3O7P/c1-10(17-7-6-11(15)16-13(17)19)23-9-25(20,21-5)24-8-22-12(18)14(2,3)4/h6-7,10H,8-9H2,1-5H3,(H2,15,16,19). The number of carbonyl (C=O) groups is 1. The van der Waals surface area contributed by atoms with Gasteiger partial charge in [0, 0.05) is 13.3 Å². The highest BCUT2D eigenvalue weighted by Gasteiger charge is 2.28. The summed E-state index contributed by atoms with van der Waals surface area (Å²) in [5, 5.41) is 0. The smallest absolute Gasteiger partial charge is 0.358 e. The average Bonchev–Trinajstić information content (AvgIpc) is 2.51. The minimum atomic E-state index is -3.67. The van der Waals surface area contributed by atoms with Crippen molar-refractivity contribution in [2.24, 2.45) is 5.41 Å². The lowest BCUT2D eigenvalue weighted by molar-refractivity contribution is -0.160. The van der Waals surface area contributed by atoms with Crippen molar-refractivity contribution < 1.29 is 27.9 Å². The number of hydrogen-bond acceptors (Lipinski definition) is 9. The summed E-state index contributed by atoms with van der Waals surface area (Å²) in [5.74, 6) is -0.427. The van der Waals surface area contributed by atoms with Crippen molar-refractivity contribution >= 4 is 19.4 Å². The molecule has 10 nitrogen and oxygen atoms in total. The Bertz CT molecular complexity index is 698. The Hall–Kier alpha value is -1.74. The van der Waals surface area contributed by atoms with Gasteiger partial charge in [-0.3, -0.25) is 18.5 Å². The summed E-state index contributed by atoms with van der Waals surface area (Å²) >= 11 is 0. The molecule has 142 valence electrons. The monoisotopic (exact) mass is 377 g/mol. The highest BCUT2D eigenvalue weighted by atomic mass is 31.2. The highest BCUT2D eigenvalue weighted by Crippen LogP contribution is 2.47. The molecule has 0 bridgehead atoms. The van der Waals surface area contributed by atoms with Crippen molar-refractivity contribution in [2.75, 3.05) is 26.0 Å². The molecule has 0 aliphatic rings. The van der Waals surface area contributed by atoms with Crippen LogP contribution in [0.1, 0.15) is 33.9 Å². The summed E-state index contributed by atoms with van der Waals surface area (Å²) in [4.78, 5) is 26.9. The van der Waals surface area contributed by atoms with Gasteiger partial charge in [0.1, 0.15) is 12.0 Å². The Balaban J connectivity index is 2.60. The maximum atomic E-state index is 12.4. The zero-order chi connectivity index (χ0) is 19.3. The minimum Gasteiger partial charge on any atom is -0.438 e. The van der Waals surface area contributed by atoms with Gasteiger partial charge in [-0.05, 0) is 33.8 Å². The first-order valence-electron chi connectivity index (χ1n) is 7.41. The molecule has 1 heterocycles. The number of hydrogen-bond donors (Lipinski definition) is 1. The Morgan fingerprint density at radius 1 is 1.44 bits per heavy atom. The summed E-state index contributed by atoms with van der Waals surface area (Å²) in [5.41, 5.74) is 4.09. The predicted octanol–water partition coefficient (Wildman–Crippen LogP) is 1.72. The summed E-state index contributed by atoms with van der Waals surface area (Å²) in [6, 6.07) is 1.43. The summed E-state index contributed by atoms with van der Waals surface area (Å²) in [6.45, 7) is 6.04. The molecular weight excluding hydrogens is 353 g/mol. The fraction of sp³-hybridized carbons (Fsp3) is 0.643. The normalized spacial score (nSPS) is 15.4. The first-order valence-corrected chi connectivity index (χ1v) is 9.14. The molecule has 0 aliphatic heterocycles. The van der Waals surface area contributed by atoms with Crippen LogP contribution in [0.5, 0.6) is 0 Å². The van der Waals surface area contributed by atoms with E-state index in [9.17, 15) is 14.2 Å². The van der Waals surface area contributed by atoms with Gasteiger partial charge in [-0.15, -0.1) is 0 Å². The third-order valence-corrected chi connectivity index (χ3v) is 4.57. The van der Waals surface area contributed by atoms with Crippen LogP contribution in [0.15, 0.2) is 17.1 Å². The van der Waals surface area contributed by atoms with E-state index in [1.807, 2.05) is 0 Å². The van der Waals surface area contributed by atoms with E-state index in [0.717, 1.165) is 4.57 Å². The highest BCUT2D eigenvalue weighted by molar-refractivity contribution is 7.53. The topological polar surface area (TPSA) is 132 Å². The van der Waals surface area contributed by atoms with E-state index < -0.39 is 44.0 Å². The van der Waals surface area contributed by atoms with E-state index in [2.05, 4.69) is 4.98 Å². The van der Waals surface area contributed by atoms with Gasteiger partial charge in [-0.2, -0.15) is 4.98 Å². The summed E-state index contributed by atoms with van der Waals surface area (Å²) in [7, 11) is -2.49. The van der Waals surface area contributed by atoms with E-state index in [1.54, 1.807) is 27.7 Å². The molecule has 1 aromatic heterocycles. The van der Waals surface area contributed by atoms with Gasteiger partial charge < -0.3 is 19.7 Å². The van der Waals surface area contributed by atoms with Crippen molar-refractivity contribution in [3.63, 3.8) is 0 Å². The maximum Gasteiger partial charge on any atom is 0.358 e. The maximum absolute atomic E-state index is 12.4. The van der Waals surface area contributed by atoms with E-state index in [0.29, 0.717) is 0 Å². The van der Waals surface area contributed by atoms with Crippen molar-refractivity contribution in [3.05, 3.63) is 22.7 Å². The number of nitrogen functional groups attached to an aromatic ring is 1. The number of anilines is 1. The molecule has 0 aliphatic carbocycles. The van der Waals surface area contributed by atoms with Crippen molar-refractivity contribution in [2.45, 2.75) is 33.9 Å². The van der Waals surface area contributed by atoms with Gasteiger partial charge in [0.05, 0.1) is 5.41 Å². The van der Waals surface area contributed by atoms with Gasteiger partial charge in [-0.25, -0.2) is 4.79 Å². The predicted molar refractivity (Wildman–Crippen MR) is 89.7 cm³/mol. The van der Waals surface area contributed by atoms with E-state index in [-0.39, 0.29) is 5.82 Å². The molecular formula is C14H24N3O7P. The lowest BCUT2D eigenvalue weighted by atomic mass is 9.98. The number of nitrogens with zero attached hydrogens (tertiary/aromatic N) is 2. The molecule has 0 radical (unpaired) electrons. The first-order chi connectivity index (χ1) is 11.5. The molecule has 1 rings (SSSR count). The molecule has 11 heteroatoms. The lowest BCUT2D eigenvalue weighted by Crippen LogP contribution is -2.27. The second-order valence-corrected chi connectivity index (χ2v) is 8.26. The number of carbonyl (C=O) groups excluding carboxylic acids is 1. The first kappa shape index (κ1) is 21.3. The fourth-order valence-corrected chi connectivity index (χ4v) is 2.40. The molecule has 2 unspecified atom stereocenters. The molecule has 0 saturated heterocycles. The molecule has 0 spiro atoms. The number of aromatic nitrogens is 2. The summed E-state index contributed by atoms with van der Waals surface area (Å²) in [6.07, 6.45) is 0.165. The second kappa shape index (κ2) is 8.57. The molecule has 0 aromatic carbocycles. The van der Waals surface area contributed by atoms with Crippen molar-refractivity contribution in [1.29, 1.82) is 0 Å². The van der Waals surface area contributed by atoms with Crippen molar-refractivity contribution in [1.82, 2.24) is 9.55 Å². The number of rotatable bonds is 8. The van der Waals surface area contributed by atoms with Gasteiger partial charge in [0.2, 0.25) is 6.79 Å². The van der Waals surface area contributed by atoms with Crippen LogP contribution in [-0.2, 0) is 27.9 Å². The van der Waals surface area contributed by atoms with E-state index in [4.69, 9.17) is 24.3 Å². The number of ether oxygens (including phenoxy) is 2. The van der Waals surface area contributed by atoms with Crippen molar-refractivity contribution in [3.8, 4) is 0 Å². The van der Waals surface area contributed by atoms with Crippen LogP contribution in [-0.4, -0.2) is 35.8 Å². The van der Waals surface area contributed by atoms with E-state index in [1.165, 1.54) is 19.4 Å². The zero-order valence-corrected chi connectivity index (χ0v) is 15.8. The van der Waals surface area contributed by atoms with E-state index >= 15 is 0 Å². The van der Waals surface area contributed by atoms with Crippen LogP contribution in [0.4, 0.5) is 5.82 Å². The van der Waals surface area contributed by atoms with Gasteiger partial charge >= 0.3 is 19.3 Å². The lowest BCUT2D eigenvalue weighted by Gasteiger charge is -2.21. The molecule has 1 aromatic rings. The van der Waals surface area contributed by atoms with Crippen LogP contribution < -0.4 is 11.4 Å². The van der Waals surface area contributed by atoms with Crippen LogP contribution in [0, 0.1) is 5.41 Å². The Morgan fingerprint density at radius 2 is 2.08 bits per heavy atom. The summed E-state index contributed by atoms with van der Waals surface area (Å²) < 4.78 is 33.7. The fourth-order valence-electron chi connectivity index (χ4n) is 1.50. The minimum absolute atomic E-state index is 0.0833. The van der Waals surface area contributed by atoms with Gasteiger partial charge in [0.25, 0.3) is 0 Å². The van der Waals surface area contributed by atoms with Crippen LogP contribution >= 0.6 is 7.60 Å². The largest absolute Gasteiger partial charge is 0.438 e. The molecule has 2 N–H and O–H groups in total. The third-order valence-electron chi connectivity index (χ3n) is 3.05. The second-order valence-electron chi connectivity index (χ2n) is 6.16. The number of esters is 1. The molecule has 2 atom stereocenters. The van der Waals surface area contributed by atoms with Crippen LogP contribution in [0.25, 0.3) is 0 Å². The Kier molecular flexibility index (Phi) is 7.30.